The number of allylic oxidation sites excluding steroid dienone is 1. The van der Waals surface area contributed by atoms with Crippen LogP contribution in [0.2, 0.25) is 5.02 Å². The minimum atomic E-state index is -0.399. The number of nitro groups is 1. The van der Waals surface area contributed by atoms with Gasteiger partial charge in [-0.2, -0.15) is 0 Å². The first-order valence-corrected chi connectivity index (χ1v) is 24.8. The molecule has 1 aliphatic carbocycles. The third-order valence-electron chi connectivity index (χ3n) is 11.9. The average Bonchev–Trinajstić information content (AvgIpc) is 3.31. The van der Waals surface area contributed by atoms with Gasteiger partial charge in [0.05, 0.1) is 17.1 Å². The van der Waals surface area contributed by atoms with Crippen molar-refractivity contribution in [2.75, 3.05) is 74.9 Å². The van der Waals surface area contributed by atoms with Gasteiger partial charge in [0.15, 0.2) is 0 Å². The number of piperidine rings is 1. The van der Waals surface area contributed by atoms with Crippen LogP contribution in [-0.4, -0.2) is 108 Å². The first kappa shape index (κ1) is 51.9. The van der Waals surface area contributed by atoms with Gasteiger partial charge in [0.1, 0.15) is 5.69 Å². The molecular weight excluding hydrogens is 880 g/mol. The molecule has 0 atom stereocenters. The minimum Gasteiger partial charge on any atom is -0.379 e. The van der Waals surface area contributed by atoms with E-state index >= 15 is 0 Å². The molecular formula is C50H67ClN6O6S2. The predicted octanol–water partition coefficient (Wildman–Crippen LogP) is 11.6. The molecule has 0 bridgehead atoms. The number of amides is 1. The number of anilines is 2. The Hall–Kier alpha value is -4.12. The maximum absolute atomic E-state index is 13.0. The fourth-order valence-corrected chi connectivity index (χ4v) is 10.0. The summed E-state index contributed by atoms with van der Waals surface area (Å²) in [6.45, 7) is 20.2. The molecule has 352 valence electrons. The highest BCUT2D eigenvalue weighted by atomic mass is 35.5. The molecule has 15 heteroatoms. The molecule has 2 fully saturated rings. The quantitative estimate of drug-likeness (QED) is 0.0212. The predicted molar refractivity (Wildman–Crippen MR) is 270 cm³/mol. The summed E-state index contributed by atoms with van der Waals surface area (Å²) in [5, 5.41) is 27.8. The third kappa shape index (κ3) is 16.6. The lowest BCUT2D eigenvalue weighted by atomic mass is 9.73. The standard InChI is InChI=1S/C40H44ClN5O3S2.C10H21NO.H2O2/c1-40(2)19-18-36(29-8-12-32(41)13-9-29)31(27-40)28-44-21-23-45(24-22-44)33-14-10-30(11-15-33)39(47)43-51-35-16-17-37(38(26-35)46(48)49)42-20-25-50-34-6-4-3-5-7-34;1-4-11-7-5-10(6-8-11)12-9(2)3;1-2/h3-17,26,42H,18-25,27-28H2,1-2H3,(H,43,47);9-10H,4-8H2,1-3H3;1-2H. The monoisotopic (exact) mass is 946 g/mol. The van der Waals surface area contributed by atoms with Gasteiger partial charge in [0.25, 0.3) is 11.6 Å². The summed E-state index contributed by atoms with van der Waals surface area (Å²) < 4.78 is 8.60. The first-order chi connectivity index (χ1) is 31.4. The highest BCUT2D eigenvalue weighted by Gasteiger charge is 2.29. The van der Waals surface area contributed by atoms with Crippen molar-refractivity contribution in [3.05, 3.63) is 129 Å². The summed E-state index contributed by atoms with van der Waals surface area (Å²) in [6.07, 6.45) is 6.74. The van der Waals surface area contributed by atoms with Crippen LogP contribution in [0.1, 0.15) is 82.6 Å². The molecule has 0 saturated carbocycles. The maximum Gasteiger partial charge on any atom is 0.293 e. The van der Waals surface area contributed by atoms with Crippen molar-refractivity contribution in [3.63, 3.8) is 0 Å². The summed E-state index contributed by atoms with van der Waals surface area (Å²) >= 11 is 8.95. The van der Waals surface area contributed by atoms with E-state index in [4.69, 9.17) is 26.9 Å². The maximum atomic E-state index is 13.0. The van der Waals surface area contributed by atoms with E-state index < -0.39 is 4.92 Å². The van der Waals surface area contributed by atoms with Gasteiger partial charge in [-0.15, -0.1) is 11.8 Å². The number of nitrogens with one attached hydrogen (secondary N) is 2. The third-order valence-corrected chi connectivity index (χ3v) is 14.0. The molecule has 4 N–H and O–H groups in total. The van der Waals surface area contributed by atoms with Gasteiger partial charge in [-0.1, -0.05) is 68.3 Å². The molecule has 12 nitrogen and oxygen atoms in total. The summed E-state index contributed by atoms with van der Waals surface area (Å²) in [6, 6.07) is 31.0. The molecule has 2 aliphatic heterocycles. The molecule has 0 radical (unpaired) electrons. The number of piperazine rings is 1. The number of carbonyl (C=O) groups excluding carboxylic acids is 1. The Kier molecular flexibility index (Phi) is 21.0. The van der Waals surface area contributed by atoms with Gasteiger partial charge in [-0.05, 0) is 142 Å². The van der Waals surface area contributed by atoms with Crippen molar-refractivity contribution in [2.24, 2.45) is 5.41 Å². The van der Waals surface area contributed by atoms with Crippen LogP contribution < -0.4 is 14.9 Å². The van der Waals surface area contributed by atoms with Gasteiger partial charge in [0.2, 0.25) is 0 Å². The molecule has 2 heterocycles. The number of carbonyl (C=O) groups is 1. The van der Waals surface area contributed by atoms with Gasteiger partial charge in [-0.25, -0.2) is 0 Å². The van der Waals surface area contributed by atoms with Crippen molar-refractivity contribution < 1.29 is 25.0 Å². The molecule has 4 aromatic carbocycles. The normalized spacial score (nSPS) is 16.8. The Morgan fingerprint density at radius 1 is 0.908 bits per heavy atom. The van der Waals surface area contributed by atoms with Crippen molar-refractivity contribution in [2.45, 2.75) is 88.7 Å². The van der Waals surface area contributed by atoms with Crippen molar-refractivity contribution in [1.29, 1.82) is 0 Å². The van der Waals surface area contributed by atoms with E-state index in [1.807, 2.05) is 66.7 Å². The van der Waals surface area contributed by atoms with Crippen LogP contribution in [0, 0.1) is 15.5 Å². The number of nitrogens with zero attached hydrogens (tertiary/aromatic N) is 4. The van der Waals surface area contributed by atoms with Crippen molar-refractivity contribution in [1.82, 2.24) is 14.5 Å². The van der Waals surface area contributed by atoms with Crippen molar-refractivity contribution >= 4 is 63.9 Å². The summed E-state index contributed by atoms with van der Waals surface area (Å²) in [4.78, 5) is 33.6. The van der Waals surface area contributed by atoms with Crippen LogP contribution in [0.25, 0.3) is 5.57 Å². The first-order valence-electron chi connectivity index (χ1n) is 22.6. The number of halogens is 1. The lowest BCUT2D eigenvalue weighted by Crippen LogP contribution is -2.47. The van der Waals surface area contributed by atoms with Crippen LogP contribution in [0.15, 0.2) is 112 Å². The van der Waals surface area contributed by atoms with E-state index in [1.54, 1.807) is 29.5 Å². The van der Waals surface area contributed by atoms with E-state index in [9.17, 15) is 14.9 Å². The van der Waals surface area contributed by atoms with Crippen LogP contribution in [0.5, 0.6) is 0 Å². The molecule has 2 saturated heterocycles. The molecule has 0 spiro atoms. The van der Waals surface area contributed by atoms with E-state index in [0.29, 0.717) is 40.3 Å². The van der Waals surface area contributed by atoms with Gasteiger partial charge in [0, 0.05) is 90.2 Å². The lowest BCUT2D eigenvalue weighted by molar-refractivity contribution is -0.384. The number of thioether (sulfide) groups is 1. The van der Waals surface area contributed by atoms with Gasteiger partial charge >= 0.3 is 0 Å². The van der Waals surface area contributed by atoms with Gasteiger partial charge in [-0.3, -0.25) is 35.0 Å². The Morgan fingerprint density at radius 2 is 1.58 bits per heavy atom. The average molecular weight is 948 g/mol. The van der Waals surface area contributed by atoms with Crippen LogP contribution in [-0.2, 0) is 4.74 Å². The second-order valence-corrected chi connectivity index (χ2v) is 20.1. The van der Waals surface area contributed by atoms with Gasteiger partial charge < -0.3 is 19.9 Å². The zero-order valence-electron chi connectivity index (χ0n) is 38.5. The van der Waals surface area contributed by atoms with Crippen LogP contribution in [0.3, 0.4) is 0 Å². The Balaban J connectivity index is 0.000000488. The number of ether oxygens (including phenoxy) is 1. The Bertz CT molecular complexity index is 2110. The fraction of sp³-hybridized carbons (Fsp3) is 0.460. The van der Waals surface area contributed by atoms with E-state index in [0.717, 1.165) is 78.9 Å². The number of rotatable bonds is 16. The van der Waals surface area contributed by atoms with Crippen LogP contribution in [0.4, 0.5) is 17.1 Å². The second-order valence-electron chi connectivity index (χ2n) is 17.6. The highest BCUT2D eigenvalue weighted by Crippen LogP contribution is 2.43. The van der Waals surface area contributed by atoms with Crippen LogP contribution >= 0.6 is 35.3 Å². The lowest BCUT2D eigenvalue weighted by Gasteiger charge is -2.39. The summed E-state index contributed by atoms with van der Waals surface area (Å²) in [7, 11) is 0. The molecule has 3 aliphatic rings. The number of nitro benzene ring substituents is 1. The molecule has 1 amide bonds. The smallest absolute Gasteiger partial charge is 0.293 e. The van der Waals surface area contributed by atoms with E-state index in [2.05, 4.69) is 71.5 Å². The number of hydrogen-bond donors (Lipinski definition) is 4. The largest absolute Gasteiger partial charge is 0.379 e. The molecule has 7 rings (SSSR count). The minimum absolute atomic E-state index is 0.0234. The van der Waals surface area contributed by atoms with Crippen molar-refractivity contribution in [3.8, 4) is 0 Å². The molecule has 4 aromatic rings. The van der Waals surface area contributed by atoms with E-state index in [-0.39, 0.29) is 11.6 Å². The Labute approximate surface area is 399 Å². The molecule has 0 aromatic heterocycles. The SMILES string of the molecule is CC1(C)CCC(c2ccc(Cl)cc2)=C(CN2CCN(c3ccc(C(=O)NSc4ccc(NCCSc5ccccc5)c([N+](=O)[O-])c4)cc3)CC2)C1.CCN1CCC(OC(C)C)CC1.OO. The Morgan fingerprint density at radius 3 is 2.22 bits per heavy atom. The molecule has 0 unspecified atom stereocenters. The topological polar surface area (TPSA) is 144 Å². The second kappa shape index (κ2) is 26.3. The molecule has 65 heavy (non-hydrogen) atoms. The van der Waals surface area contributed by atoms with E-state index in [1.165, 1.54) is 56.1 Å². The summed E-state index contributed by atoms with van der Waals surface area (Å²) in [5.74, 6) is 0.520. The zero-order valence-corrected chi connectivity index (χ0v) is 40.9. The summed E-state index contributed by atoms with van der Waals surface area (Å²) in [5.41, 5.74) is 6.70. The number of benzene rings is 4. The highest BCUT2D eigenvalue weighted by molar-refractivity contribution is 7.99. The number of likely N-dealkylation sites (tertiary alicyclic amines) is 1. The number of hydrogen-bond acceptors (Lipinski definition) is 12. The zero-order chi connectivity index (χ0) is 46.8. The fourth-order valence-electron chi connectivity index (χ4n) is 8.48.